The Morgan fingerprint density at radius 3 is 2.40 bits per heavy atom. The highest BCUT2D eigenvalue weighted by Gasteiger charge is 2.16. The first-order valence-corrected chi connectivity index (χ1v) is 9.58. The van der Waals surface area contributed by atoms with Gasteiger partial charge in [-0.05, 0) is 29.3 Å². The third-order valence-electron chi connectivity index (χ3n) is 5.37. The second-order valence-electron chi connectivity index (χ2n) is 6.96. The van der Waals surface area contributed by atoms with Gasteiger partial charge in [0, 0.05) is 34.6 Å². The summed E-state index contributed by atoms with van der Waals surface area (Å²) in [5.41, 5.74) is 5.24. The van der Waals surface area contributed by atoms with Gasteiger partial charge in [-0.3, -0.25) is 0 Å². The smallest absolute Gasteiger partial charge is 0.203 e. The van der Waals surface area contributed by atoms with Crippen LogP contribution in [0.4, 0.5) is 0 Å². The summed E-state index contributed by atoms with van der Waals surface area (Å²) >= 11 is 0. The fraction of sp³-hybridized carbons (Fsp3) is 0.125. The van der Waals surface area contributed by atoms with Crippen molar-refractivity contribution in [1.82, 2.24) is 14.8 Å². The molecule has 0 amide bonds. The molecule has 0 fully saturated rings. The van der Waals surface area contributed by atoms with Gasteiger partial charge >= 0.3 is 0 Å². The zero-order valence-corrected chi connectivity index (χ0v) is 17.0. The summed E-state index contributed by atoms with van der Waals surface area (Å²) in [6.45, 7) is 0. The third-order valence-corrected chi connectivity index (χ3v) is 5.37. The lowest BCUT2D eigenvalue weighted by Gasteiger charge is -2.14. The molecule has 3 aromatic carbocycles. The van der Waals surface area contributed by atoms with Crippen molar-refractivity contribution in [1.29, 1.82) is 0 Å². The zero-order valence-electron chi connectivity index (χ0n) is 17.0. The van der Waals surface area contributed by atoms with Crippen LogP contribution in [0.2, 0.25) is 0 Å². The fourth-order valence-electron chi connectivity index (χ4n) is 3.92. The number of rotatable bonds is 5. The molecule has 0 spiro atoms. The van der Waals surface area contributed by atoms with E-state index >= 15 is 0 Å². The largest absolute Gasteiger partial charge is 0.493 e. The number of nitrogens with one attached hydrogen (secondary N) is 1. The predicted molar refractivity (Wildman–Crippen MR) is 118 cm³/mol. The molecule has 6 nitrogen and oxygen atoms in total. The van der Waals surface area contributed by atoms with E-state index in [1.54, 1.807) is 21.3 Å². The van der Waals surface area contributed by atoms with Crippen molar-refractivity contribution in [3.8, 4) is 34.1 Å². The van der Waals surface area contributed by atoms with Crippen LogP contribution in [0.25, 0.3) is 38.6 Å². The topological polar surface area (TPSA) is 61.3 Å². The summed E-state index contributed by atoms with van der Waals surface area (Å²) in [4.78, 5) is 3.28. The Labute approximate surface area is 173 Å². The average Bonchev–Trinajstić information content (AvgIpc) is 3.44. The molecule has 0 radical (unpaired) electrons. The summed E-state index contributed by atoms with van der Waals surface area (Å²) in [5.74, 6) is 1.73. The second kappa shape index (κ2) is 7.15. The van der Waals surface area contributed by atoms with Gasteiger partial charge in [-0.25, -0.2) is 4.68 Å². The van der Waals surface area contributed by atoms with E-state index in [0.717, 1.165) is 27.7 Å². The minimum Gasteiger partial charge on any atom is -0.493 e. The maximum atomic E-state index is 5.51. The number of hydrogen-bond acceptors (Lipinski definition) is 4. The number of H-pyrrole nitrogens is 1. The zero-order chi connectivity index (χ0) is 20.7. The Morgan fingerprint density at radius 2 is 1.67 bits per heavy atom. The van der Waals surface area contributed by atoms with Crippen LogP contribution in [0.3, 0.4) is 0 Å². The standard InChI is InChI=1S/C24H21N3O3/c1-28-22-12-17(13-23(29-2)24(22)30-3)27-21-11-15(7-8-16(21)14-26-27)18-5-4-6-20-19(18)9-10-25-20/h4-14,25H,1-3H3. The van der Waals surface area contributed by atoms with Crippen LogP contribution < -0.4 is 14.2 Å². The lowest BCUT2D eigenvalue weighted by molar-refractivity contribution is 0.324. The van der Waals surface area contributed by atoms with Crippen LogP contribution in [0.1, 0.15) is 0 Å². The molecule has 2 heterocycles. The van der Waals surface area contributed by atoms with E-state index in [0.29, 0.717) is 17.2 Å². The first-order chi connectivity index (χ1) is 14.7. The highest BCUT2D eigenvalue weighted by atomic mass is 16.5. The molecule has 30 heavy (non-hydrogen) atoms. The van der Waals surface area contributed by atoms with E-state index in [1.165, 1.54) is 10.9 Å². The SMILES string of the molecule is COc1cc(-n2ncc3ccc(-c4cccc5[nH]ccc45)cc32)cc(OC)c1OC. The first kappa shape index (κ1) is 18.1. The van der Waals surface area contributed by atoms with Gasteiger partial charge in [0.2, 0.25) is 5.75 Å². The van der Waals surface area contributed by atoms with Crippen molar-refractivity contribution in [2.24, 2.45) is 0 Å². The van der Waals surface area contributed by atoms with E-state index in [9.17, 15) is 0 Å². The number of aromatic nitrogens is 3. The summed E-state index contributed by atoms with van der Waals surface area (Å²) in [6, 6.07) is 18.6. The molecule has 5 aromatic rings. The molecular formula is C24H21N3O3. The van der Waals surface area contributed by atoms with Crippen LogP contribution in [-0.4, -0.2) is 36.1 Å². The molecule has 0 atom stereocenters. The van der Waals surface area contributed by atoms with Crippen molar-refractivity contribution in [2.75, 3.05) is 21.3 Å². The maximum Gasteiger partial charge on any atom is 0.203 e. The van der Waals surface area contributed by atoms with Crippen molar-refractivity contribution in [2.45, 2.75) is 0 Å². The third kappa shape index (κ3) is 2.76. The molecule has 0 aliphatic heterocycles. The molecule has 0 bridgehead atoms. The van der Waals surface area contributed by atoms with E-state index < -0.39 is 0 Å². The van der Waals surface area contributed by atoms with Gasteiger partial charge < -0.3 is 19.2 Å². The van der Waals surface area contributed by atoms with E-state index in [-0.39, 0.29) is 0 Å². The van der Waals surface area contributed by atoms with Crippen LogP contribution in [0.5, 0.6) is 17.2 Å². The van der Waals surface area contributed by atoms with Gasteiger partial charge in [0.15, 0.2) is 11.5 Å². The van der Waals surface area contributed by atoms with Crippen molar-refractivity contribution in [3.05, 3.63) is 67.0 Å². The number of fused-ring (bicyclic) bond motifs is 2. The molecule has 5 rings (SSSR count). The van der Waals surface area contributed by atoms with E-state index in [2.05, 4.69) is 52.5 Å². The van der Waals surface area contributed by atoms with Gasteiger partial charge in [-0.1, -0.05) is 24.3 Å². The summed E-state index contributed by atoms with van der Waals surface area (Å²) in [5, 5.41) is 6.86. The number of benzene rings is 3. The Balaban J connectivity index is 1.70. The molecule has 0 aliphatic rings. The van der Waals surface area contributed by atoms with E-state index in [4.69, 9.17) is 14.2 Å². The highest BCUT2D eigenvalue weighted by Crippen LogP contribution is 2.40. The molecule has 0 aliphatic carbocycles. The minimum atomic E-state index is 0.556. The van der Waals surface area contributed by atoms with Crippen molar-refractivity contribution < 1.29 is 14.2 Å². The molecule has 6 heteroatoms. The first-order valence-electron chi connectivity index (χ1n) is 9.58. The van der Waals surface area contributed by atoms with Gasteiger partial charge in [-0.15, -0.1) is 0 Å². The summed E-state index contributed by atoms with van der Waals surface area (Å²) in [7, 11) is 4.81. The normalized spacial score (nSPS) is 11.2. The molecule has 1 N–H and O–H groups in total. The quantitative estimate of drug-likeness (QED) is 0.441. The number of ether oxygens (including phenoxy) is 3. The fourth-order valence-corrected chi connectivity index (χ4v) is 3.92. The van der Waals surface area contributed by atoms with Gasteiger partial charge in [0.1, 0.15) is 0 Å². The number of nitrogens with zero attached hydrogens (tertiary/aromatic N) is 2. The molecule has 0 unspecified atom stereocenters. The van der Waals surface area contributed by atoms with E-state index in [1.807, 2.05) is 29.2 Å². The second-order valence-corrected chi connectivity index (χ2v) is 6.96. The van der Waals surface area contributed by atoms with Crippen LogP contribution in [0.15, 0.2) is 67.0 Å². The van der Waals surface area contributed by atoms with Gasteiger partial charge in [-0.2, -0.15) is 5.10 Å². The highest BCUT2D eigenvalue weighted by molar-refractivity contribution is 5.97. The Hall–Kier alpha value is -3.93. The predicted octanol–water partition coefficient (Wildman–Crippen LogP) is 5.20. The molecule has 0 saturated heterocycles. The average molecular weight is 399 g/mol. The lowest BCUT2D eigenvalue weighted by atomic mass is 10.0. The Kier molecular flexibility index (Phi) is 4.32. The molecule has 0 saturated carbocycles. The molecular weight excluding hydrogens is 378 g/mol. The maximum absolute atomic E-state index is 5.51. The van der Waals surface area contributed by atoms with Gasteiger partial charge in [0.05, 0.1) is 38.7 Å². The minimum absolute atomic E-state index is 0.556. The van der Waals surface area contributed by atoms with Crippen molar-refractivity contribution >= 4 is 21.8 Å². The Morgan fingerprint density at radius 1 is 0.867 bits per heavy atom. The van der Waals surface area contributed by atoms with Crippen LogP contribution in [-0.2, 0) is 0 Å². The number of aromatic amines is 1. The van der Waals surface area contributed by atoms with Crippen molar-refractivity contribution in [3.63, 3.8) is 0 Å². The molecule has 150 valence electrons. The van der Waals surface area contributed by atoms with Gasteiger partial charge in [0.25, 0.3) is 0 Å². The number of methoxy groups -OCH3 is 3. The molecule has 2 aromatic heterocycles. The van der Waals surface area contributed by atoms with Crippen LogP contribution >= 0.6 is 0 Å². The monoisotopic (exact) mass is 399 g/mol. The number of hydrogen-bond donors (Lipinski definition) is 1. The lowest BCUT2D eigenvalue weighted by Crippen LogP contribution is -2.01. The summed E-state index contributed by atoms with van der Waals surface area (Å²) in [6.07, 6.45) is 3.83. The summed E-state index contributed by atoms with van der Waals surface area (Å²) < 4.78 is 18.4. The van der Waals surface area contributed by atoms with Crippen LogP contribution in [0, 0.1) is 0 Å². The Bertz CT molecular complexity index is 1340.